The van der Waals surface area contributed by atoms with E-state index in [2.05, 4.69) is 19.9 Å². The van der Waals surface area contributed by atoms with Crippen molar-refractivity contribution >= 4 is 5.97 Å². The van der Waals surface area contributed by atoms with E-state index in [0.29, 0.717) is 11.8 Å². The summed E-state index contributed by atoms with van der Waals surface area (Å²) in [6.07, 6.45) is 5.45. The third kappa shape index (κ3) is 1.04. The van der Waals surface area contributed by atoms with E-state index in [0.717, 1.165) is 19.3 Å². The van der Waals surface area contributed by atoms with Crippen LogP contribution in [0.25, 0.3) is 0 Å². The van der Waals surface area contributed by atoms with Crippen LogP contribution in [0.2, 0.25) is 0 Å². The van der Waals surface area contributed by atoms with E-state index in [1.807, 2.05) is 6.92 Å². The highest BCUT2D eigenvalue weighted by Crippen LogP contribution is 2.67. The van der Waals surface area contributed by atoms with Crippen LogP contribution < -0.4 is 0 Å². The van der Waals surface area contributed by atoms with E-state index in [9.17, 15) is 4.79 Å². The molecule has 3 heteroatoms. The molecule has 2 aliphatic heterocycles. The summed E-state index contributed by atoms with van der Waals surface area (Å²) >= 11 is 0. The minimum atomic E-state index is -0.0547. The van der Waals surface area contributed by atoms with E-state index in [1.165, 1.54) is 5.57 Å². The molecule has 0 unspecified atom stereocenters. The number of carbonyl (C=O) groups is 1. The molecule has 0 radical (unpaired) electrons. The number of carbonyl (C=O) groups excluding carboxylic acids is 1. The topological polar surface area (TPSA) is 38.8 Å². The van der Waals surface area contributed by atoms with Crippen LogP contribution in [0.15, 0.2) is 11.6 Å². The summed E-state index contributed by atoms with van der Waals surface area (Å²) in [5, 5.41) is 0. The highest BCUT2D eigenvalue weighted by molar-refractivity contribution is 5.75. The van der Waals surface area contributed by atoms with Gasteiger partial charge in [0.15, 0.2) is 0 Å². The van der Waals surface area contributed by atoms with Gasteiger partial charge in [-0.25, -0.2) is 0 Å². The Labute approximate surface area is 108 Å². The molecule has 2 aliphatic carbocycles. The summed E-state index contributed by atoms with van der Waals surface area (Å²) in [5.74, 6) is 0.726. The van der Waals surface area contributed by atoms with E-state index >= 15 is 0 Å². The number of esters is 1. The molecule has 0 aromatic carbocycles. The standard InChI is InChI=1S/C15H20O3/c1-8-4-7-15-11(8)12-10(9(2)13(16)17-12)5-6-14(15,3)18-15/h4,9-12H,5-7H2,1-3H3/t9-,10-,11+,12-,14+,15-/m0/s1. The largest absolute Gasteiger partial charge is 0.461 e. The monoisotopic (exact) mass is 248 g/mol. The second kappa shape index (κ2) is 3.01. The average molecular weight is 248 g/mol. The maximum absolute atomic E-state index is 11.9. The summed E-state index contributed by atoms with van der Waals surface area (Å²) in [6.45, 7) is 6.43. The molecule has 3 fully saturated rings. The molecular formula is C15H20O3. The van der Waals surface area contributed by atoms with E-state index in [4.69, 9.17) is 9.47 Å². The van der Waals surface area contributed by atoms with Gasteiger partial charge in [-0.2, -0.15) is 0 Å². The molecule has 18 heavy (non-hydrogen) atoms. The molecule has 1 saturated carbocycles. The van der Waals surface area contributed by atoms with Gasteiger partial charge in [0, 0.05) is 11.8 Å². The van der Waals surface area contributed by atoms with Crippen molar-refractivity contribution in [2.24, 2.45) is 17.8 Å². The minimum Gasteiger partial charge on any atom is -0.461 e. The summed E-state index contributed by atoms with van der Waals surface area (Å²) in [5.41, 5.74) is 1.32. The van der Waals surface area contributed by atoms with Crippen LogP contribution in [-0.4, -0.2) is 23.3 Å². The summed E-state index contributed by atoms with van der Waals surface area (Å²) in [4.78, 5) is 11.9. The number of fused-ring (bicyclic) bond motifs is 2. The molecular weight excluding hydrogens is 228 g/mol. The molecule has 2 heterocycles. The molecule has 98 valence electrons. The lowest BCUT2D eigenvalue weighted by atomic mass is 9.77. The Kier molecular flexibility index (Phi) is 1.84. The molecule has 0 N–H and O–H groups in total. The first-order valence-corrected chi connectivity index (χ1v) is 7.06. The second-order valence-electron chi connectivity index (χ2n) is 6.75. The summed E-state index contributed by atoms with van der Waals surface area (Å²) in [6, 6.07) is 0. The highest BCUT2D eigenvalue weighted by atomic mass is 16.6. The fourth-order valence-electron chi connectivity index (χ4n) is 4.71. The van der Waals surface area contributed by atoms with Crippen LogP contribution in [0.3, 0.4) is 0 Å². The van der Waals surface area contributed by atoms with Crippen molar-refractivity contribution in [2.45, 2.75) is 57.3 Å². The average Bonchev–Trinajstić information content (AvgIpc) is 2.65. The van der Waals surface area contributed by atoms with Gasteiger partial charge in [-0.3, -0.25) is 4.79 Å². The van der Waals surface area contributed by atoms with Crippen LogP contribution in [0.1, 0.15) is 40.0 Å². The maximum Gasteiger partial charge on any atom is 0.309 e. The van der Waals surface area contributed by atoms with Crippen molar-refractivity contribution < 1.29 is 14.3 Å². The van der Waals surface area contributed by atoms with Gasteiger partial charge in [-0.15, -0.1) is 0 Å². The van der Waals surface area contributed by atoms with E-state index in [1.54, 1.807) is 0 Å². The molecule has 0 amide bonds. The number of hydrogen-bond donors (Lipinski definition) is 0. The molecule has 0 bridgehead atoms. The van der Waals surface area contributed by atoms with Crippen LogP contribution in [0.5, 0.6) is 0 Å². The number of hydrogen-bond acceptors (Lipinski definition) is 3. The first-order valence-electron chi connectivity index (χ1n) is 7.06. The minimum absolute atomic E-state index is 0.0101. The first-order chi connectivity index (χ1) is 8.48. The quantitative estimate of drug-likeness (QED) is 0.375. The normalized spacial score (nSPS) is 57.1. The Morgan fingerprint density at radius 3 is 3.00 bits per heavy atom. The van der Waals surface area contributed by atoms with Gasteiger partial charge in [0.25, 0.3) is 0 Å². The van der Waals surface area contributed by atoms with Gasteiger partial charge >= 0.3 is 5.97 Å². The Balaban J connectivity index is 1.78. The molecule has 1 spiro atoms. The van der Waals surface area contributed by atoms with E-state index < -0.39 is 0 Å². The zero-order valence-electron chi connectivity index (χ0n) is 11.2. The highest BCUT2D eigenvalue weighted by Gasteiger charge is 2.75. The third-order valence-electron chi connectivity index (χ3n) is 5.95. The number of rotatable bonds is 0. The van der Waals surface area contributed by atoms with Crippen LogP contribution in [0, 0.1) is 17.8 Å². The van der Waals surface area contributed by atoms with Crippen molar-refractivity contribution in [3.8, 4) is 0 Å². The lowest BCUT2D eigenvalue weighted by molar-refractivity contribution is -0.145. The number of ether oxygens (including phenoxy) is 2. The van der Waals surface area contributed by atoms with Crippen molar-refractivity contribution in [2.75, 3.05) is 0 Å². The van der Waals surface area contributed by atoms with Gasteiger partial charge in [-0.05, 0) is 33.1 Å². The van der Waals surface area contributed by atoms with Gasteiger partial charge in [0.05, 0.1) is 11.5 Å². The number of epoxide rings is 1. The SMILES string of the molecule is CC1=CC[C@@]23O[C@]2(C)CC[C@@H]2[C@H](OC(=O)[C@H]2C)[C@@H]13. The molecule has 2 saturated heterocycles. The van der Waals surface area contributed by atoms with Gasteiger partial charge < -0.3 is 9.47 Å². The lowest BCUT2D eigenvalue weighted by Crippen LogP contribution is -2.37. The smallest absolute Gasteiger partial charge is 0.309 e. The fourth-order valence-corrected chi connectivity index (χ4v) is 4.71. The summed E-state index contributed by atoms with van der Waals surface area (Å²) in [7, 11) is 0. The predicted molar refractivity (Wildman–Crippen MR) is 65.9 cm³/mol. The Bertz CT molecular complexity index is 468. The fraction of sp³-hybridized carbons (Fsp3) is 0.800. The first kappa shape index (κ1) is 11.0. The lowest BCUT2D eigenvalue weighted by Gasteiger charge is -2.27. The maximum atomic E-state index is 11.9. The third-order valence-corrected chi connectivity index (χ3v) is 5.95. The molecule has 0 aromatic rings. The zero-order valence-corrected chi connectivity index (χ0v) is 11.2. The predicted octanol–water partition coefficient (Wildman–Crippen LogP) is 2.45. The Hall–Kier alpha value is -0.830. The molecule has 6 atom stereocenters. The van der Waals surface area contributed by atoms with Gasteiger partial charge in [-0.1, -0.05) is 18.6 Å². The Morgan fingerprint density at radius 2 is 2.22 bits per heavy atom. The van der Waals surface area contributed by atoms with Crippen LogP contribution in [-0.2, 0) is 14.3 Å². The van der Waals surface area contributed by atoms with Crippen molar-refractivity contribution in [1.82, 2.24) is 0 Å². The zero-order chi connectivity index (χ0) is 12.7. The van der Waals surface area contributed by atoms with Gasteiger partial charge in [0.2, 0.25) is 0 Å². The van der Waals surface area contributed by atoms with Crippen LogP contribution >= 0.6 is 0 Å². The van der Waals surface area contributed by atoms with Crippen molar-refractivity contribution in [3.05, 3.63) is 11.6 Å². The Morgan fingerprint density at radius 1 is 1.44 bits per heavy atom. The summed E-state index contributed by atoms with van der Waals surface area (Å²) < 4.78 is 11.9. The molecule has 0 aromatic heterocycles. The van der Waals surface area contributed by atoms with Crippen molar-refractivity contribution in [1.29, 1.82) is 0 Å². The molecule has 3 nitrogen and oxygen atoms in total. The van der Waals surface area contributed by atoms with E-state index in [-0.39, 0.29) is 29.2 Å². The second-order valence-corrected chi connectivity index (χ2v) is 6.75. The van der Waals surface area contributed by atoms with Crippen LogP contribution in [0.4, 0.5) is 0 Å². The molecule has 4 aliphatic rings. The van der Waals surface area contributed by atoms with Gasteiger partial charge in [0.1, 0.15) is 11.7 Å². The molecule has 4 rings (SSSR count). The van der Waals surface area contributed by atoms with Crippen molar-refractivity contribution in [3.63, 3.8) is 0 Å².